The normalized spacial score (nSPS) is 10.5. The van der Waals surface area contributed by atoms with Crippen LogP contribution in [0, 0.1) is 0 Å². The van der Waals surface area contributed by atoms with Crippen LogP contribution in [0.15, 0.2) is 22.7 Å². The molecule has 0 radical (unpaired) electrons. The second kappa shape index (κ2) is 4.87. The van der Waals surface area contributed by atoms with Gasteiger partial charge in [0.15, 0.2) is 0 Å². The average Bonchev–Trinajstić information content (AvgIpc) is 2.08. The van der Waals surface area contributed by atoms with Crippen molar-refractivity contribution in [3.8, 4) is 5.75 Å². The molecule has 1 aromatic rings. The third kappa shape index (κ3) is 3.20. The fourth-order valence-corrected chi connectivity index (χ4v) is 1.48. The lowest BCUT2D eigenvalue weighted by Gasteiger charge is -2.12. The van der Waals surface area contributed by atoms with E-state index in [1.165, 1.54) is 0 Å². The zero-order chi connectivity index (χ0) is 9.84. The van der Waals surface area contributed by atoms with E-state index in [1.54, 1.807) is 0 Å². The molecule has 0 atom stereocenters. The molecule has 1 aromatic carbocycles. The minimum atomic E-state index is 0.182. The molecule has 1 rings (SSSR count). The molecule has 0 amide bonds. The number of hydrogen-bond donors (Lipinski definition) is 0. The molecule has 3 heteroatoms. The molecular weight excluding hydrogens is 251 g/mol. The maximum absolute atomic E-state index is 5.72. The van der Waals surface area contributed by atoms with Crippen molar-refractivity contribution in [3.05, 3.63) is 28.2 Å². The summed E-state index contributed by atoms with van der Waals surface area (Å²) in [7, 11) is 0. The number of hydrogen-bond acceptors (Lipinski definition) is 1. The molecule has 0 fully saturated rings. The van der Waals surface area contributed by atoms with Gasteiger partial charge in [-0.2, -0.15) is 0 Å². The van der Waals surface area contributed by atoms with Gasteiger partial charge in [-0.3, -0.25) is 0 Å². The van der Waals surface area contributed by atoms with Gasteiger partial charge >= 0.3 is 0 Å². The highest BCUT2D eigenvalue weighted by Crippen LogP contribution is 2.27. The van der Waals surface area contributed by atoms with Crippen LogP contribution >= 0.6 is 27.5 Å². The van der Waals surface area contributed by atoms with Gasteiger partial charge < -0.3 is 4.74 Å². The summed E-state index contributed by atoms with van der Waals surface area (Å²) >= 11 is 9.14. The summed E-state index contributed by atoms with van der Waals surface area (Å²) < 4.78 is 6.55. The molecule has 0 spiro atoms. The van der Waals surface area contributed by atoms with E-state index >= 15 is 0 Å². The average molecular weight is 264 g/mol. The Hall–Kier alpha value is -0.210. The molecule has 0 aliphatic heterocycles. The van der Waals surface area contributed by atoms with E-state index in [0.717, 1.165) is 15.8 Å². The summed E-state index contributed by atoms with van der Waals surface area (Å²) in [5, 5.41) is 0. The van der Waals surface area contributed by atoms with Crippen LogP contribution in [0.25, 0.3) is 0 Å². The Morgan fingerprint density at radius 1 is 1.46 bits per heavy atom. The van der Waals surface area contributed by atoms with Gasteiger partial charge in [0, 0.05) is 5.88 Å². The molecule has 0 aromatic heterocycles. The van der Waals surface area contributed by atoms with Crippen LogP contribution in [-0.4, -0.2) is 6.10 Å². The maximum atomic E-state index is 5.72. The fraction of sp³-hybridized carbons (Fsp3) is 0.400. The van der Waals surface area contributed by atoms with E-state index in [-0.39, 0.29) is 6.10 Å². The van der Waals surface area contributed by atoms with Crippen LogP contribution in [-0.2, 0) is 5.88 Å². The Morgan fingerprint density at radius 2 is 2.15 bits per heavy atom. The van der Waals surface area contributed by atoms with E-state index in [1.807, 2.05) is 32.0 Å². The first-order valence-electron chi connectivity index (χ1n) is 4.14. The van der Waals surface area contributed by atoms with Crippen LogP contribution in [0.5, 0.6) is 5.75 Å². The summed E-state index contributed by atoms with van der Waals surface area (Å²) in [5.74, 6) is 1.37. The second-order valence-electron chi connectivity index (χ2n) is 3.07. The lowest BCUT2D eigenvalue weighted by Crippen LogP contribution is -2.06. The third-order valence-electron chi connectivity index (χ3n) is 1.51. The largest absolute Gasteiger partial charge is 0.490 e. The molecule has 0 heterocycles. The molecule has 0 unspecified atom stereocenters. The molecule has 13 heavy (non-hydrogen) atoms. The monoisotopic (exact) mass is 262 g/mol. The summed E-state index contributed by atoms with van der Waals surface area (Å²) in [6.07, 6.45) is 0.182. The molecule has 0 aliphatic carbocycles. The minimum Gasteiger partial charge on any atom is -0.490 e. The van der Waals surface area contributed by atoms with Crippen LogP contribution in [0.4, 0.5) is 0 Å². The van der Waals surface area contributed by atoms with E-state index in [4.69, 9.17) is 16.3 Å². The zero-order valence-electron chi connectivity index (χ0n) is 7.68. The first-order valence-corrected chi connectivity index (χ1v) is 5.47. The molecule has 0 bridgehead atoms. The summed E-state index contributed by atoms with van der Waals surface area (Å²) in [6.45, 7) is 4.00. The van der Waals surface area contributed by atoms with Gasteiger partial charge in [0.25, 0.3) is 0 Å². The smallest absolute Gasteiger partial charge is 0.134 e. The highest BCUT2D eigenvalue weighted by molar-refractivity contribution is 9.10. The van der Waals surface area contributed by atoms with Gasteiger partial charge in [0.05, 0.1) is 10.6 Å². The van der Waals surface area contributed by atoms with Gasteiger partial charge in [-0.1, -0.05) is 6.07 Å². The predicted molar refractivity (Wildman–Crippen MR) is 59.5 cm³/mol. The Morgan fingerprint density at radius 3 is 2.69 bits per heavy atom. The van der Waals surface area contributed by atoms with Crippen molar-refractivity contribution in [1.29, 1.82) is 0 Å². The number of rotatable bonds is 3. The van der Waals surface area contributed by atoms with E-state index < -0.39 is 0 Å². The lowest BCUT2D eigenvalue weighted by molar-refractivity contribution is 0.240. The first kappa shape index (κ1) is 10.9. The van der Waals surface area contributed by atoms with Crippen LogP contribution in [0.2, 0.25) is 0 Å². The van der Waals surface area contributed by atoms with Crippen molar-refractivity contribution >= 4 is 27.5 Å². The number of halogens is 2. The Kier molecular flexibility index (Phi) is 4.07. The van der Waals surface area contributed by atoms with Crippen LogP contribution in [0.1, 0.15) is 19.4 Å². The molecule has 1 nitrogen and oxygen atoms in total. The van der Waals surface area contributed by atoms with E-state index in [9.17, 15) is 0 Å². The molecule has 72 valence electrons. The molecule has 0 N–H and O–H groups in total. The van der Waals surface area contributed by atoms with Gasteiger partial charge in [0.1, 0.15) is 5.75 Å². The van der Waals surface area contributed by atoms with Crippen molar-refractivity contribution in [2.24, 2.45) is 0 Å². The lowest BCUT2D eigenvalue weighted by atomic mass is 10.2. The standard InChI is InChI=1S/C10H12BrClO/c1-7(2)13-10-5-8(6-12)3-4-9(10)11/h3-5,7H,6H2,1-2H3. The molecule has 0 aliphatic rings. The number of alkyl halides is 1. The summed E-state index contributed by atoms with van der Waals surface area (Å²) in [4.78, 5) is 0. The van der Waals surface area contributed by atoms with Gasteiger partial charge in [-0.05, 0) is 47.5 Å². The van der Waals surface area contributed by atoms with Gasteiger partial charge in [-0.25, -0.2) is 0 Å². The van der Waals surface area contributed by atoms with Crippen LogP contribution < -0.4 is 4.74 Å². The third-order valence-corrected chi connectivity index (χ3v) is 2.48. The summed E-state index contributed by atoms with van der Waals surface area (Å²) in [5.41, 5.74) is 1.07. The van der Waals surface area contributed by atoms with Crippen molar-refractivity contribution in [3.63, 3.8) is 0 Å². The van der Waals surface area contributed by atoms with Gasteiger partial charge in [0.2, 0.25) is 0 Å². The highest BCUT2D eigenvalue weighted by atomic mass is 79.9. The fourth-order valence-electron chi connectivity index (χ4n) is 0.975. The second-order valence-corrected chi connectivity index (χ2v) is 4.19. The van der Waals surface area contributed by atoms with Crippen molar-refractivity contribution in [2.75, 3.05) is 0 Å². The van der Waals surface area contributed by atoms with E-state index in [2.05, 4.69) is 15.9 Å². The minimum absolute atomic E-state index is 0.182. The summed E-state index contributed by atoms with van der Waals surface area (Å²) in [6, 6.07) is 5.89. The number of ether oxygens (including phenoxy) is 1. The Labute approximate surface area is 92.2 Å². The SMILES string of the molecule is CC(C)Oc1cc(CCl)ccc1Br. The molecule has 0 saturated heterocycles. The zero-order valence-corrected chi connectivity index (χ0v) is 10.0. The highest BCUT2D eigenvalue weighted by Gasteiger charge is 2.03. The molecular formula is C10H12BrClO. The maximum Gasteiger partial charge on any atom is 0.134 e. The topological polar surface area (TPSA) is 9.23 Å². The first-order chi connectivity index (χ1) is 6.13. The molecule has 0 saturated carbocycles. The Bertz CT molecular complexity index is 286. The quantitative estimate of drug-likeness (QED) is 0.750. The van der Waals surface area contributed by atoms with E-state index in [0.29, 0.717) is 5.88 Å². The van der Waals surface area contributed by atoms with Crippen molar-refractivity contribution < 1.29 is 4.74 Å². The Balaban J connectivity index is 2.90. The van der Waals surface area contributed by atoms with Crippen molar-refractivity contribution in [2.45, 2.75) is 25.8 Å². The van der Waals surface area contributed by atoms with Crippen LogP contribution in [0.3, 0.4) is 0 Å². The number of benzene rings is 1. The van der Waals surface area contributed by atoms with Gasteiger partial charge in [-0.15, -0.1) is 11.6 Å². The van der Waals surface area contributed by atoms with Crippen molar-refractivity contribution in [1.82, 2.24) is 0 Å². The predicted octanol–water partition coefficient (Wildman–Crippen LogP) is 3.98.